The number of pyridine rings is 1. The fourth-order valence-electron chi connectivity index (χ4n) is 3.11. The van der Waals surface area contributed by atoms with E-state index in [1.165, 1.54) is 12.3 Å². The summed E-state index contributed by atoms with van der Waals surface area (Å²) in [4.78, 5) is 13.2. The summed E-state index contributed by atoms with van der Waals surface area (Å²) >= 11 is 0. The minimum absolute atomic E-state index is 0.237. The Labute approximate surface area is 170 Å². The second-order valence-electron chi connectivity index (χ2n) is 6.56. The van der Waals surface area contributed by atoms with E-state index in [0.29, 0.717) is 28.5 Å². The van der Waals surface area contributed by atoms with Crippen LogP contribution in [0.5, 0.6) is 0 Å². The van der Waals surface area contributed by atoms with Crippen molar-refractivity contribution < 1.29 is 8.91 Å². The van der Waals surface area contributed by atoms with Crippen LogP contribution in [-0.4, -0.2) is 29.9 Å². The van der Waals surface area contributed by atoms with E-state index >= 15 is 0 Å². The summed E-state index contributed by atoms with van der Waals surface area (Å²) in [6.45, 7) is 0.237. The van der Waals surface area contributed by atoms with Crippen molar-refractivity contribution >= 4 is 0 Å². The Morgan fingerprint density at radius 3 is 2.43 bits per heavy atom. The van der Waals surface area contributed by atoms with Gasteiger partial charge in [-0.25, -0.2) is 14.4 Å². The zero-order valence-corrected chi connectivity index (χ0v) is 15.7. The summed E-state index contributed by atoms with van der Waals surface area (Å²) in [5.74, 6) is 0.156. The zero-order valence-electron chi connectivity index (χ0n) is 15.7. The standard InChI is InChI=1S/C22H15FN6O/c23-17-6-2-1-5-15(17)14-29-21(19-8-10-30-28-19)11-20(27-29)22-25-12-16(13-26-22)18-7-3-4-9-24-18/h1-13H,14H2. The predicted octanol–water partition coefficient (Wildman–Crippen LogP) is 4.24. The van der Waals surface area contributed by atoms with Gasteiger partial charge in [0.1, 0.15) is 23.5 Å². The van der Waals surface area contributed by atoms with Crippen molar-refractivity contribution in [1.29, 1.82) is 0 Å². The number of nitrogens with zero attached hydrogens (tertiary/aromatic N) is 6. The average Bonchev–Trinajstić information content (AvgIpc) is 3.46. The van der Waals surface area contributed by atoms with Crippen LogP contribution in [0.15, 0.2) is 84.0 Å². The highest BCUT2D eigenvalue weighted by atomic mass is 19.1. The first-order chi connectivity index (χ1) is 14.8. The fraction of sp³-hybridized carbons (Fsp3) is 0.0455. The molecule has 5 aromatic rings. The van der Waals surface area contributed by atoms with E-state index in [0.717, 1.165) is 11.3 Å². The number of halogens is 1. The third-order valence-corrected chi connectivity index (χ3v) is 4.60. The predicted molar refractivity (Wildman–Crippen MR) is 107 cm³/mol. The molecule has 7 nitrogen and oxygen atoms in total. The molecule has 0 atom stereocenters. The van der Waals surface area contributed by atoms with Gasteiger partial charge in [-0.1, -0.05) is 29.4 Å². The molecule has 4 aromatic heterocycles. The zero-order chi connectivity index (χ0) is 20.3. The SMILES string of the molecule is Fc1ccccc1Cn1nc(-c2ncc(-c3ccccn3)cn2)cc1-c1ccon1. The van der Waals surface area contributed by atoms with E-state index in [1.54, 1.807) is 47.5 Å². The first-order valence-electron chi connectivity index (χ1n) is 9.24. The molecule has 0 fully saturated rings. The van der Waals surface area contributed by atoms with Crippen LogP contribution in [-0.2, 0) is 6.54 Å². The van der Waals surface area contributed by atoms with Gasteiger partial charge in [0.05, 0.1) is 17.9 Å². The number of aromatic nitrogens is 6. The molecule has 30 heavy (non-hydrogen) atoms. The van der Waals surface area contributed by atoms with Gasteiger partial charge in [0.2, 0.25) is 0 Å². The van der Waals surface area contributed by atoms with E-state index in [9.17, 15) is 4.39 Å². The summed E-state index contributed by atoms with van der Waals surface area (Å²) in [5.41, 5.74) is 3.94. The van der Waals surface area contributed by atoms with Gasteiger partial charge in [-0.3, -0.25) is 9.67 Å². The van der Waals surface area contributed by atoms with Gasteiger partial charge < -0.3 is 4.52 Å². The first kappa shape index (κ1) is 17.9. The molecule has 0 amide bonds. The van der Waals surface area contributed by atoms with E-state index in [1.807, 2.05) is 24.3 Å². The Balaban J connectivity index is 1.52. The van der Waals surface area contributed by atoms with Gasteiger partial charge in [-0.15, -0.1) is 0 Å². The molecule has 0 radical (unpaired) electrons. The van der Waals surface area contributed by atoms with Gasteiger partial charge in [-0.2, -0.15) is 5.10 Å². The monoisotopic (exact) mass is 398 g/mol. The molecular weight excluding hydrogens is 383 g/mol. The lowest BCUT2D eigenvalue weighted by atomic mass is 10.2. The second kappa shape index (κ2) is 7.67. The molecule has 0 aliphatic heterocycles. The molecule has 146 valence electrons. The summed E-state index contributed by atoms with van der Waals surface area (Å²) in [5, 5.41) is 8.60. The van der Waals surface area contributed by atoms with E-state index in [4.69, 9.17) is 4.52 Å². The highest BCUT2D eigenvalue weighted by molar-refractivity contribution is 5.64. The van der Waals surface area contributed by atoms with Crippen LogP contribution in [0.2, 0.25) is 0 Å². The van der Waals surface area contributed by atoms with Crippen molar-refractivity contribution in [3.05, 3.63) is 90.8 Å². The van der Waals surface area contributed by atoms with E-state index < -0.39 is 0 Å². The van der Waals surface area contributed by atoms with Gasteiger partial charge in [0, 0.05) is 35.8 Å². The van der Waals surface area contributed by atoms with Crippen LogP contribution >= 0.6 is 0 Å². The van der Waals surface area contributed by atoms with Crippen molar-refractivity contribution in [2.24, 2.45) is 0 Å². The van der Waals surface area contributed by atoms with Gasteiger partial charge >= 0.3 is 0 Å². The van der Waals surface area contributed by atoms with Crippen molar-refractivity contribution in [3.8, 4) is 34.2 Å². The maximum Gasteiger partial charge on any atom is 0.180 e. The smallest absolute Gasteiger partial charge is 0.180 e. The van der Waals surface area contributed by atoms with Crippen LogP contribution in [0.3, 0.4) is 0 Å². The Morgan fingerprint density at radius 1 is 0.867 bits per heavy atom. The third-order valence-electron chi connectivity index (χ3n) is 4.60. The number of hydrogen-bond donors (Lipinski definition) is 0. The van der Waals surface area contributed by atoms with Gasteiger partial charge in [0.15, 0.2) is 5.82 Å². The molecule has 4 heterocycles. The molecule has 0 aliphatic carbocycles. The first-order valence-corrected chi connectivity index (χ1v) is 9.24. The molecule has 8 heteroatoms. The number of benzene rings is 1. The molecule has 0 spiro atoms. The normalized spacial score (nSPS) is 11.0. The highest BCUT2D eigenvalue weighted by Crippen LogP contribution is 2.25. The topological polar surface area (TPSA) is 82.5 Å². The number of hydrogen-bond acceptors (Lipinski definition) is 6. The van der Waals surface area contributed by atoms with Gasteiger partial charge in [-0.05, 0) is 24.3 Å². The summed E-state index contributed by atoms with van der Waals surface area (Å²) in [6.07, 6.45) is 6.61. The van der Waals surface area contributed by atoms with Crippen molar-refractivity contribution in [2.75, 3.05) is 0 Å². The maximum atomic E-state index is 14.2. The molecule has 1 aromatic carbocycles. The average molecular weight is 398 g/mol. The van der Waals surface area contributed by atoms with Crippen LogP contribution in [0, 0.1) is 5.82 Å². The minimum atomic E-state index is -0.295. The van der Waals surface area contributed by atoms with Crippen molar-refractivity contribution in [3.63, 3.8) is 0 Å². The van der Waals surface area contributed by atoms with Crippen LogP contribution in [0.25, 0.3) is 34.2 Å². The molecule has 0 bridgehead atoms. The molecule has 0 N–H and O–H groups in total. The van der Waals surface area contributed by atoms with Gasteiger partial charge in [0.25, 0.3) is 0 Å². The van der Waals surface area contributed by atoms with Crippen molar-refractivity contribution in [2.45, 2.75) is 6.54 Å². The minimum Gasteiger partial charge on any atom is -0.364 e. The Hall–Kier alpha value is -4.20. The molecule has 0 unspecified atom stereocenters. The van der Waals surface area contributed by atoms with E-state index in [2.05, 4.69) is 25.2 Å². The molecular formula is C22H15FN6O. The third kappa shape index (κ3) is 3.46. The Morgan fingerprint density at radius 2 is 1.70 bits per heavy atom. The largest absolute Gasteiger partial charge is 0.364 e. The van der Waals surface area contributed by atoms with Crippen molar-refractivity contribution in [1.82, 2.24) is 29.9 Å². The summed E-state index contributed by atoms with van der Waals surface area (Å²) in [6, 6.07) is 15.8. The molecule has 0 aliphatic rings. The molecule has 0 saturated carbocycles. The van der Waals surface area contributed by atoms with Crippen LogP contribution < -0.4 is 0 Å². The summed E-state index contributed by atoms with van der Waals surface area (Å²) < 4.78 is 20.8. The highest BCUT2D eigenvalue weighted by Gasteiger charge is 2.17. The quantitative estimate of drug-likeness (QED) is 0.440. The van der Waals surface area contributed by atoms with Crippen LogP contribution in [0.4, 0.5) is 4.39 Å². The lowest BCUT2D eigenvalue weighted by molar-refractivity contribution is 0.421. The lowest BCUT2D eigenvalue weighted by Gasteiger charge is -2.06. The maximum absolute atomic E-state index is 14.2. The number of rotatable bonds is 5. The summed E-state index contributed by atoms with van der Waals surface area (Å²) in [7, 11) is 0. The fourth-order valence-corrected chi connectivity index (χ4v) is 3.11. The lowest BCUT2D eigenvalue weighted by Crippen LogP contribution is -2.06. The molecule has 0 saturated heterocycles. The van der Waals surface area contributed by atoms with Crippen LogP contribution in [0.1, 0.15) is 5.56 Å². The van der Waals surface area contributed by atoms with E-state index in [-0.39, 0.29) is 12.4 Å². The Bertz CT molecular complexity index is 1270. The second-order valence-corrected chi connectivity index (χ2v) is 6.56. The molecule has 5 rings (SSSR count). The Kier molecular flexibility index (Phi) is 4.57.